The van der Waals surface area contributed by atoms with Crippen LogP contribution in [0.2, 0.25) is 5.02 Å². The van der Waals surface area contributed by atoms with Crippen LogP contribution < -0.4 is 5.32 Å². The standard InChI is InChI=1S/C14H22BrClN2/c1-14(2,10-18(3)4)9-17-8-11-7-12(15)5-6-13(11)16/h5-7,17H,8-10H2,1-4H3. The maximum atomic E-state index is 6.16. The summed E-state index contributed by atoms with van der Waals surface area (Å²) in [6, 6.07) is 5.95. The van der Waals surface area contributed by atoms with Gasteiger partial charge >= 0.3 is 0 Å². The molecule has 0 atom stereocenters. The van der Waals surface area contributed by atoms with Gasteiger partial charge in [0, 0.05) is 29.1 Å². The molecule has 102 valence electrons. The Hall–Kier alpha value is -0.0900. The van der Waals surface area contributed by atoms with Crippen molar-refractivity contribution in [3.05, 3.63) is 33.3 Å². The molecule has 0 heterocycles. The van der Waals surface area contributed by atoms with Gasteiger partial charge in [-0.3, -0.25) is 0 Å². The topological polar surface area (TPSA) is 15.3 Å². The van der Waals surface area contributed by atoms with Crippen molar-refractivity contribution in [3.63, 3.8) is 0 Å². The molecule has 0 saturated heterocycles. The number of halogens is 2. The van der Waals surface area contributed by atoms with E-state index in [-0.39, 0.29) is 5.41 Å². The number of hydrogen-bond donors (Lipinski definition) is 1. The Labute approximate surface area is 124 Å². The Morgan fingerprint density at radius 1 is 1.33 bits per heavy atom. The second kappa shape index (κ2) is 6.90. The van der Waals surface area contributed by atoms with Crippen molar-refractivity contribution < 1.29 is 0 Å². The van der Waals surface area contributed by atoms with E-state index in [1.54, 1.807) is 0 Å². The molecule has 4 heteroatoms. The molecule has 0 spiro atoms. The van der Waals surface area contributed by atoms with Crippen LogP contribution in [0.15, 0.2) is 22.7 Å². The largest absolute Gasteiger partial charge is 0.312 e. The summed E-state index contributed by atoms with van der Waals surface area (Å²) in [5.41, 5.74) is 1.38. The van der Waals surface area contributed by atoms with Crippen molar-refractivity contribution >= 4 is 27.5 Å². The van der Waals surface area contributed by atoms with Gasteiger partial charge in [-0.25, -0.2) is 0 Å². The van der Waals surface area contributed by atoms with Gasteiger partial charge in [0.05, 0.1) is 0 Å². The average molecular weight is 334 g/mol. The zero-order valence-electron chi connectivity index (χ0n) is 11.6. The molecule has 18 heavy (non-hydrogen) atoms. The molecule has 1 rings (SSSR count). The van der Waals surface area contributed by atoms with Gasteiger partial charge in [-0.1, -0.05) is 41.4 Å². The highest BCUT2D eigenvalue weighted by Gasteiger charge is 2.18. The average Bonchev–Trinajstić information content (AvgIpc) is 2.21. The van der Waals surface area contributed by atoms with E-state index in [4.69, 9.17) is 11.6 Å². The first-order chi connectivity index (χ1) is 8.30. The minimum Gasteiger partial charge on any atom is -0.312 e. The SMILES string of the molecule is CN(C)CC(C)(C)CNCc1cc(Br)ccc1Cl. The van der Waals surface area contributed by atoms with Crippen LogP contribution in [0, 0.1) is 5.41 Å². The summed E-state index contributed by atoms with van der Waals surface area (Å²) in [6.45, 7) is 7.36. The molecule has 0 saturated carbocycles. The third kappa shape index (κ3) is 5.70. The van der Waals surface area contributed by atoms with Crippen molar-refractivity contribution in [1.29, 1.82) is 0 Å². The highest BCUT2D eigenvalue weighted by molar-refractivity contribution is 9.10. The lowest BCUT2D eigenvalue weighted by Gasteiger charge is -2.28. The molecule has 0 aromatic heterocycles. The van der Waals surface area contributed by atoms with Crippen molar-refractivity contribution in [2.45, 2.75) is 20.4 Å². The predicted molar refractivity (Wildman–Crippen MR) is 83.2 cm³/mol. The van der Waals surface area contributed by atoms with Crippen LogP contribution in [0.4, 0.5) is 0 Å². The molecule has 1 N–H and O–H groups in total. The van der Waals surface area contributed by atoms with Crippen molar-refractivity contribution in [2.75, 3.05) is 27.2 Å². The molecule has 1 aromatic rings. The van der Waals surface area contributed by atoms with Gasteiger partial charge < -0.3 is 10.2 Å². The first-order valence-corrected chi connectivity index (χ1v) is 7.27. The molecule has 0 aliphatic rings. The molecule has 0 unspecified atom stereocenters. The monoisotopic (exact) mass is 332 g/mol. The van der Waals surface area contributed by atoms with Gasteiger partial charge in [0.15, 0.2) is 0 Å². The summed E-state index contributed by atoms with van der Waals surface area (Å²) in [5.74, 6) is 0. The third-order valence-electron chi connectivity index (χ3n) is 2.67. The molecular weight excluding hydrogens is 312 g/mol. The minimum atomic E-state index is 0.252. The maximum Gasteiger partial charge on any atom is 0.0451 e. The molecule has 0 amide bonds. The van der Waals surface area contributed by atoms with Crippen LogP contribution in [-0.2, 0) is 6.54 Å². The molecule has 0 bridgehead atoms. The van der Waals surface area contributed by atoms with Crippen molar-refractivity contribution in [1.82, 2.24) is 10.2 Å². The summed E-state index contributed by atoms with van der Waals surface area (Å²) in [4.78, 5) is 2.22. The van der Waals surface area contributed by atoms with Crippen LogP contribution in [0.25, 0.3) is 0 Å². The maximum absolute atomic E-state index is 6.16. The van der Waals surface area contributed by atoms with E-state index in [0.717, 1.165) is 34.7 Å². The fourth-order valence-electron chi connectivity index (χ4n) is 2.13. The fourth-order valence-corrected chi connectivity index (χ4v) is 2.72. The van der Waals surface area contributed by atoms with Gasteiger partial charge in [0.2, 0.25) is 0 Å². The highest BCUT2D eigenvalue weighted by Crippen LogP contribution is 2.21. The van der Waals surface area contributed by atoms with E-state index in [1.165, 1.54) is 0 Å². The predicted octanol–water partition coefficient (Wildman–Crippen LogP) is 3.78. The Morgan fingerprint density at radius 2 is 2.00 bits per heavy atom. The van der Waals surface area contributed by atoms with Crippen LogP contribution >= 0.6 is 27.5 Å². The molecule has 0 radical (unpaired) electrons. The lowest BCUT2D eigenvalue weighted by atomic mass is 9.93. The molecule has 2 nitrogen and oxygen atoms in total. The number of hydrogen-bond acceptors (Lipinski definition) is 2. The first kappa shape index (κ1) is 16.0. The van der Waals surface area contributed by atoms with E-state index < -0.39 is 0 Å². The van der Waals surface area contributed by atoms with E-state index in [0.29, 0.717) is 0 Å². The van der Waals surface area contributed by atoms with Gasteiger partial charge in [-0.15, -0.1) is 0 Å². The quantitative estimate of drug-likeness (QED) is 0.852. The number of nitrogens with zero attached hydrogens (tertiary/aromatic N) is 1. The molecular formula is C14H22BrClN2. The second-order valence-corrected chi connectivity index (χ2v) is 7.06. The van der Waals surface area contributed by atoms with Crippen LogP contribution in [0.5, 0.6) is 0 Å². The summed E-state index contributed by atoms with van der Waals surface area (Å²) in [7, 11) is 4.21. The summed E-state index contributed by atoms with van der Waals surface area (Å²) >= 11 is 9.63. The Kier molecular flexibility index (Phi) is 6.12. The van der Waals surface area contributed by atoms with Crippen LogP contribution in [0.3, 0.4) is 0 Å². The first-order valence-electron chi connectivity index (χ1n) is 6.09. The van der Waals surface area contributed by atoms with Crippen molar-refractivity contribution in [3.8, 4) is 0 Å². The summed E-state index contributed by atoms with van der Waals surface area (Å²) in [5, 5.41) is 4.30. The second-order valence-electron chi connectivity index (χ2n) is 5.74. The smallest absolute Gasteiger partial charge is 0.0451 e. The highest BCUT2D eigenvalue weighted by atomic mass is 79.9. The van der Waals surface area contributed by atoms with Crippen LogP contribution in [0.1, 0.15) is 19.4 Å². The van der Waals surface area contributed by atoms with E-state index in [9.17, 15) is 0 Å². The van der Waals surface area contributed by atoms with E-state index in [2.05, 4.69) is 60.2 Å². The van der Waals surface area contributed by atoms with Crippen molar-refractivity contribution in [2.24, 2.45) is 5.41 Å². The van der Waals surface area contributed by atoms with Gasteiger partial charge in [0.25, 0.3) is 0 Å². The number of nitrogens with one attached hydrogen (secondary N) is 1. The van der Waals surface area contributed by atoms with Gasteiger partial charge in [-0.05, 0) is 43.3 Å². The Balaban J connectivity index is 2.48. The van der Waals surface area contributed by atoms with E-state index in [1.807, 2.05) is 12.1 Å². The minimum absolute atomic E-state index is 0.252. The zero-order valence-corrected chi connectivity index (χ0v) is 13.9. The molecule has 1 aromatic carbocycles. The number of benzene rings is 1. The zero-order chi connectivity index (χ0) is 13.8. The Bertz CT molecular complexity index is 391. The molecule has 0 fully saturated rings. The normalized spacial score (nSPS) is 12.2. The van der Waals surface area contributed by atoms with Gasteiger partial charge in [-0.2, -0.15) is 0 Å². The third-order valence-corrected chi connectivity index (χ3v) is 3.53. The summed E-state index contributed by atoms with van der Waals surface area (Å²) < 4.78 is 1.07. The fraction of sp³-hybridized carbons (Fsp3) is 0.571. The number of rotatable bonds is 6. The molecule has 0 aliphatic heterocycles. The summed E-state index contributed by atoms with van der Waals surface area (Å²) in [6.07, 6.45) is 0. The van der Waals surface area contributed by atoms with Gasteiger partial charge in [0.1, 0.15) is 0 Å². The lowest BCUT2D eigenvalue weighted by molar-refractivity contribution is 0.232. The van der Waals surface area contributed by atoms with E-state index >= 15 is 0 Å². The van der Waals surface area contributed by atoms with Crippen LogP contribution in [-0.4, -0.2) is 32.1 Å². The molecule has 0 aliphatic carbocycles. The Morgan fingerprint density at radius 3 is 2.61 bits per heavy atom. The lowest BCUT2D eigenvalue weighted by Crippen LogP contribution is -2.37.